The molecule has 1 nitrogen and oxygen atoms in total. The van der Waals surface area contributed by atoms with Crippen molar-refractivity contribution in [3.8, 4) is 0 Å². The Morgan fingerprint density at radius 2 is 2.00 bits per heavy atom. The molecule has 0 aromatic heterocycles. The van der Waals surface area contributed by atoms with Gasteiger partial charge in [0.25, 0.3) is 0 Å². The van der Waals surface area contributed by atoms with E-state index in [2.05, 4.69) is 0 Å². The molecule has 3 unspecified atom stereocenters. The lowest BCUT2D eigenvalue weighted by atomic mass is 9.89. The van der Waals surface area contributed by atoms with Crippen molar-refractivity contribution in [1.82, 2.24) is 0 Å². The Morgan fingerprint density at radius 3 is 2.67 bits per heavy atom. The van der Waals surface area contributed by atoms with Crippen molar-refractivity contribution in [3.63, 3.8) is 0 Å². The first kappa shape index (κ1) is 14.8. The molecular formula is C16H17F3OS. The Kier molecular flexibility index (Phi) is 3.72. The summed E-state index contributed by atoms with van der Waals surface area (Å²) in [5, 5.41) is 0.124. The molecule has 0 amide bonds. The minimum Gasteiger partial charge on any atom is -0.259 e. The van der Waals surface area contributed by atoms with Crippen LogP contribution in [0.1, 0.15) is 42.4 Å². The fourth-order valence-corrected chi connectivity index (χ4v) is 5.32. The Bertz CT molecular complexity index is 618. The summed E-state index contributed by atoms with van der Waals surface area (Å²) in [6.45, 7) is 1.53. The molecule has 0 spiro atoms. The van der Waals surface area contributed by atoms with E-state index < -0.39 is 22.5 Å². The van der Waals surface area contributed by atoms with Gasteiger partial charge in [0.1, 0.15) is 0 Å². The van der Waals surface area contributed by atoms with E-state index in [0.717, 1.165) is 30.9 Å². The Labute approximate surface area is 124 Å². The van der Waals surface area contributed by atoms with Crippen molar-refractivity contribution < 1.29 is 17.4 Å². The molecule has 114 valence electrons. The molecule has 2 aliphatic rings. The maximum atomic E-state index is 13.0. The summed E-state index contributed by atoms with van der Waals surface area (Å²) >= 11 is 0. The van der Waals surface area contributed by atoms with E-state index in [9.17, 15) is 17.4 Å². The van der Waals surface area contributed by atoms with Gasteiger partial charge < -0.3 is 0 Å². The fraction of sp³-hybridized carbons (Fsp3) is 0.500. The van der Waals surface area contributed by atoms with Gasteiger partial charge in [0.15, 0.2) is 0 Å². The third kappa shape index (κ3) is 2.68. The highest BCUT2D eigenvalue weighted by atomic mass is 32.2. The Hall–Kier alpha value is -1.10. The highest BCUT2D eigenvalue weighted by Gasteiger charge is 2.36. The zero-order valence-corrected chi connectivity index (χ0v) is 12.6. The molecule has 2 heterocycles. The predicted octanol–water partition coefficient (Wildman–Crippen LogP) is 4.47. The first-order valence-corrected chi connectivity index (χ1v) is 8.43. The molecule has 21 heavy (non-hydrogen) atoms. The summed E-state index contributed by atoms with van der Waals surface area (Å²) in [5.74, 6) is 0. The van der Waals surface area contributed by atoms with E-state index in [1.165, 1.54) is 13.0 Å². The summed E-state index contributed by atoms with van der Waals surface area (Å²) < 4.78 is 51.2. The molecule has 2 aliphatic heterocycles. The second-order valence-corrected chi connectivity index (χ2v) is 7.72. The van der Waals surface area contributed by atoms with Crippen LogP contribution in [0.15, 0.2) is 24.3 Å². The van der Waals surface area contributed by atoms with Crippen LogP contribution in [0.25, 0.3) is 5.57 Å². The molecule has 0 N–H and O–H groups in total. The third-order valence-electron chi connectivity index (χ3n) is 4.46. The molecule has 1 aromatic rings. The molecule has 0 radical (unpaired) electrons. The van der Waals surface area contributed by atoms with Gasteiger partial charge in [0, 0.05) is 16.0 Å². The predicted molar refractivity (Wildman–Crippen MR) is 78.3 cm³/mol. The van der Waals surface area contributed by atoms with Crippen LogP contribution in [0.3, 0.4) is 0 Å². The standard InChI is InChI=1S/C16H17F3OS/c1-10-14(6-3-7-15(10)16(17,18)19)11-8-12-4-2-5-13(9-11)21(12)20/h3,6-8,12-13H,2,4-5,9H2,1H3. The van der Waals surface area contributed by atoms with Gasteiger partial charge in [-0.05, 0) is 49.0 Å². The molecule has 1 fully saturated rings. The number of allylic oxidation sites excluding steroid dienone is 1. The number of benzene rings is 1. The quantitative estimate of drug-likeness (QED) is 0.747. The second-order valence-electron chi connectivity index (χ2n) is 5.79. The molecule has 1 saturated heterocycles. The number of halogens is 3. The lowest BCUT2D eigenvalue weighted by Gasteiger charge is -2.33. The van der Waals surface area contributed by atoms with Crippen LogP contribution >= 0.6 is 0 Å². The average Bonchev–Trinajstić information content (AvgIpc) is 2.37. The van der Waals surface area contributed by atoms with Crippen molar-refractivity contribution in [2.45, 2.75) is 49.3 Å². The van der Waals surface area contributed by atoms with Crippen molar-refractivity contribution in [3.05, 3.63) is 41.0 Å². The van der Waals surface area contributed by atoms with Gasteiger partial charge >= 0.3 is 6.18 Å². The van der Waals surface area contributed by atoms with E-state index in [4.69, 9.17) is 0 Å². The molecule has 3 atom stereocenters. The first-order chi connectivity index (χ1) is 9.88. The third-order valence-corrected chi connectivity index (χ3v) is 6.49. The maximum absolute atomic E-state index is 13.0. The van der Waals surface area contributed by atoms with Crippen LogP contribution in [0.2, 0.25) is 0 Å². The lowest BCUT2D eigenvalue weighted by Crippen LogP contribution is -2.33. The minimum absolute atomic E-state index is 0.0152. The summed E-state index contributed by atoms with van der Waals surface area (Å²) in [4.78, 5) is 0. The Balaban J connectivity index is 2.04. The second kappa shape index (κ2) is 5.27. The van der Waals surface area contributed by atoms with Gasteiger partial charge in [-0.15, -0.1) is 0 Å². The van der Waals surface area contributed by atoms with Crippen molar-refractivity contribution in [2.75, 3.05) is 0 Å². The fourth-order valence-electron chi connectivity index (χ4n) is 3.39. The average molecular weight is 314 g/mol. The van der Waals surface area contributed by atoms with Gasteiger partial charge in [-0.1, -0.05) is 24.6 Å². The first-order valence-electron chi connectivity index (χ1n) is 7.15. The summed E-state index contributed by atoms with van der Waals surface area (Å²) in [6, 6.07) is 4.34. The number of hydrogen-bond acceptors (Lipinski definition) is 1. The zero-order chi connectivity index (χ0) is 15.2. The number of fused-ring (bicyclic) bond motifs is 2. The minimum atomic E-state index is -4.33. The number of alkyl halides is 3. The molecule has 3 rings (SSSR count). The monoisotopic (exact) mass is 314 g/mol. The van der Waals surface area contributed by atoms with Gasteiger partial charge in [-0.25, -0.2) is 0 Å². The van der Waals surface area contributed by atoms with Crippen LogP contribution < -0.4 is 0 Å². The van der Waals surface area contributed by atoms with E-state index >= 15 is 0 Å². The topological polar surface area (TPSA) is 17.1 Å². The van der Waals surface area contributed by atoms with E-state index in [-0.39, 0.29) is 16.1 Å². The highest BCUT2D eigenvalue weighted by Crippen LogP contribution is 2.40. The normalized spacial score (nSPS) is 29.1. The largest absolute Gasteiger partial charge is 0.416 e. The molecule has 1 aromatic carbocycles. The summed E-state index contributed by atoms with van der Waals surface area (Å²) in [7, 11) is -0.858. The van der Waals surface area contributed by atoms with Crippen LogP contribution in [0.4, 0.5) is 13.2 Å². The molecule has 0 aliphatic carbocycles. The maximum Gasteiger partial charge on any atom is 0.416 e. The van der Waals surface area contributed by atoms with E-state index in [0.29, 0.717) is 12.0 Å². The molecule has 2 bridgehead atoms. The highest BCUT2D eigenvalue weighted by molar-refractivity contribution is 7.86. The summed E-state index contributed by atoms with van der Waals surface area (Å²) in [5.41, 5.74) is 1.31. The number of rotatable bonds is 1. The van der Waals surface area contributed by atoms with Crippen LogP contribution in [0.5, 0.6) is 0 Å². The van der Waals surface area contributed by atoms with E-state index in [1.54, 1.807) is 6.07 Å². The molecule has 5 heteroatoms. The van der Waals surface area contributed by atoms with Crippen LogP contribution in [-0.4, -0.2) is 14.7 Å². The molecule has 0 saturated carbocycles. The zero-order valence-electron chi connectivity index (χ0n) is 11.7. The van der Waals surface area contributed by atoms with Crippen LogP contribution in [-0.2, 0) is 17.0 Å². The van der Waals surface area contributed by atoms with Gasteiger partial charge in [0.2, 0.25) is 0 Å². The number of hydrogen-bond donors (Lipinski definition) is 0. The van der Waals surface area contributed by atoms with Gasteiger partial charge in [-0.3, -0.25) is 4.21 Å². The summed E-state index contributed by atoms with van der Waals surface area (Å²) in [6.07, 6.45) is 1.11. The van der Waals surface area contributed by atoms with Gasteiger partial charge in [-0.2, -0.15) is 13.2 Å². The van der Waals surface area contributed by atoms with Crippen molar-refractivity contribution in [1.29, 1.82) is 0 Å². The van der Waals surface area contributed by atoms with Crippen LogP contribution in [0, 0.1) is 6.92 Å². The molecular weight excluding hydrogens is 297 g/mol. The lowest BCUT2D eigenvalue weighted by molar-refractivity contribution is -0.138. The SMILES string of the molecule is Cc1c(C2=CC3CCCC(C2)S3=O)cccc1C(F)(F)F. The van der Waals surface area contributed by atoms with Crippen molar-refractivity contribution >= 4 is 16.4 Å². The Morgan fingerprint density at radius 1 is 1.24 bits per heavy atom. The smallest absolute Gasteiger partial charge is 0.259 e. The van der Waals surface area contributed by atoms with E-state index in [1.807, 2.05) is 6.08 Å². The van der Waals surface area contributed by atoms with Gasteiger partial charge in [0.05, 0.1) is 10.8 Å². The van der Waals surface area contributed by atoms with Crippen molar-refractivity contribution in [2.24, 2.45) is 0 Å².